The first-order valence-electron chi connectivity index (χ1n) is 8.92. The second-order valence-corrected chi connectivity index (χ2v) is 6.07. The Labute approximate surface area is 169 Å². The third-order valence-electron chi connectivity index (χ3n) is 4.03. The summed E-state index contributed by atoms with van der Waals surface area (Å²) in [5.41, 5.74) is 0.405. The van der Waals surface area contributed by atoms with Gasteiger partial charge in [-0.05, 0) is 50.2 Å². The summed E-state index contributed by atoms with van der Waals surface area (Å²) in [6, 6.07) is 11.8. The van der Waals surface area contributed by atoms with Crippen LogP contribution in [0, 0.1) is 0 Å². The van der Waals surface area contributed by atoms with E-state index >= 15 is 0 Å². The van der Waals surface area contributed by atoms with Crippen LogP contribution in [0.25, 0.3) is 0 Å². The van der Waals surface area contributed by atoms with Crippen LogP contribution in [0.1, 0.15) is 13.8 Å². The molecule has 2 unspecified atom stereocenters. The van der Waals surface area contributed by atoms with Crippen LogP contribution < -0.4 is 24.3 Å². The van der Waals surface area contributed by atoms with Crippen molar-refractivity contribution in [2.24, 2.45) is 0 Å². The summed E-state index contributed by atoms with van der Waals surface area (Å²) in [4.78, 5) is 24.7. The number of hydrogen-bond acceptors (Lipinski definition) is 7. The van der Waals surface area contributed by atoms with E-state index < -0.39 is 24.1 Å². The average Bonchev–Trinajstić information content (AvgIpc) is 2.73. The number of carbonyl (C=O) groups excluding carboxylic acids is 2. The smallest absolute Gasteiger partial charge is 0.347 e. The third kappa shape index (κ3) is 6.03. The predicted octanol–water partition coefficient (Wildman–Crippen LogP) is 3.05. The monoisotopic (exact) mass is 403 g/mol. The number of nitrogens with one attached hydrogen (secondary N) is 1. The van der Waals surface area contributed by atoms with Crippen LogP contribution in [0.4, 0.5) is 5.69 Å². The number of anilines is 1. The zero-order valence-corrected chi connectivity index (χ0v) is 17.1. The van der Waals surface area contributed by atoms with Gasteiger partial charge in [0, 0.05) is 6.07 Å². The Morgan fingerprint density at radius 3 is 1.97 bits per heavy atom. The number of carbonyl (C=O) groups is 2. The second kappa shape index (κ2) is 10.2. The highest BCUT2D eigenvalue weighted by atomic mass is 16.6. The number of ether oxygens (including phenoxy) is 5. The fraction of sp³-hybridized carbons (Fsp3) is 0.333. The molecule has 2 aromatic rings. The SMILES string of the molecule is COc1ccc(OC(C)C(=O)OC(C)C(=O)Nc2cc(OC)ccc2OC)cc1. The van der Waals surface area contributed by atoms with Crippen molar-refractivity contribution in [1.29, 1.82) is 0 Å². The van der Waals surface area contributed by atoms with Crippen molar-refractivity contribution in [2.75, 3.05) is 26.6 Å². The van der Waals surface area contributed by atoms with Crippen molar-refractivity contribution in [1.82, 2.24) is 0 Å². The molecule has 8 heteroatoms. The Bertz CT molecular complexity index is 835. The molecular formula is C21H25NO7. The van der Waals surface area contributed by atoms with Crippen LogP contribution in [0.3, 0.4) is 0 Å². The number of rotatable bonds is 9. The molecule has 1 amide bonds. The van der Waals surface area contributed by atoms with Gasteiger partial charge in [0.1, 0.15) is 23.0 Å². The Hall–Kier alpha value is -3.42. The maximum Gasteiger partial charge on any atom is 0.347 e. The number of benzene rings is 2. The lowest BCUT2D eigenvalue weighted by Crippen LogP contribution is -2.35. The Morgan fingerprint density at radius 1 is 0.793 bits per heavy atom. The number of hydrogen-bond donors (Lipinski definition) is 1. The van der Waals surface area contributed by atoms with Gasteiger partial charge in [-0.1, -0.05) is 0 Å². The Kier molecular flexibility index (Phi) is 7.70. The van der Waals surface area contributed by atoms with Gasteiger partial charge in [0.25, 0.3) is 5.91 Å². The second-order valence-electron chi connectivity index (χ2n) is 6.07. The van der Waals surface area contributed by atoms with Crippen LogP contribution in [-0.4, -0.2) is 45.4 Å². The first kappa shape index (κ1) is 21.9. The highest BCUT2D eigenvalue weighted by Crippen LogP contribution is 2.29. The topological polar surface area (TPSA) is 92.3 Å². The molecule has 29 heavy (non-hydrogen) atoms. The largest absolute Gasteiger partial charge is 0.497 e. The van der Waals surface area contributed by atoms with E-state index in [1.165, 1.54) is 21.1 Å². The lowest BCUT2D eigenvalue weighted by molar-refractivity contribution is -0.159. The molecule has 2 rings (SSSR count). The molecule has 0 heterocycles. The molecule has 2 aromatic carbocycles. The third-order valence-corrected chi connectivity index (χ3v) is 4.03. The van der Waals surface area contributed by atoms with E-state index in [0.717, 1.165) is 0 Å². The number of esters is 1. The van der Waals surface area contributed by atoms with E-state index in [9.17, 15) is 9.59 Å². The molecule has 0 radical (unpaired) electrons. The molecule has 0 aliphatic heterocycles. The fourth-order valence-corrected chi connectivity index (χ4v) is 2.38. The van der Waals surface area contributed by atoms with Gasteiger partial charge in [-0.2, -0.15) is 0 Å². The summed E-state index contributed by atoms with van der Waals surface area (Å²) in [5.74, 6) is 0.975. The van der Waals surface area contributed by atoms with E-state index in [-0.39, 0.29) is 0 Å². The minimum absolute atomic E-state index is 0.405. The maximum atomic E-state index is 12.4. The van der Waals surface area contributed by atoms with Crippen molar-refractivity contribution in [2.45, 2.75) is 26.1 Å². The van der Waals surface area contributed by atoms with Gasteiger partial charge < -0.3 is 29.0 Å². The minimum Gasteiger partial charge on any atom is -0.497 e. The molecule has 1 N–H and O–H groups in total. The highest BCUT2D eigenvalue weighted by Gasteiger charge is 2.24. The molecule has 0 fully saturated rings. The van der Waals surface area contributed by atoms with Crippen molar-refractivity contribution in [3.8, 4) is 23.0 Å². The molecule has 2 atom stereocenters. The molecular weight excluding hydrogens is 378 g/mol. The molecule has 0 saturated carbocycles. The Balaban J connectivity index is 1.95. The van der Waals surface area contributed by atoms with Gasteiger partial charge >= 0.3 is 5.97 Å². The molecule has 0 spiro atoms. The van der Waals surface area contributed by atoms with E-state index in [2.05, 4.69) is 5.32 Å². The summed E-state index contributed by atoms with van der Waals surface area (Å²) < 4.78 is 26.2. The first-order valence-corrected chi connectivity index (χ1v) is 8.92. The van der Waals surface area contributed by atoms with E-state index in [4.69, 9.17) is 23.7 Å². The van der Waals surface area contributed by atoms with Gasteiger partial charge in [-0.25, -0.2) is 4.79 Å². The molecule has 0 saturated heterocycles. The zero-order valence-electron chi connectivity index (χ0n) is 17.1. The molecule has 0 bridgehead atoms. The Morgan fingerprint density at radius 2 is 1.38 bits per heavy atom. The van der Waals surface area contributed by atoms with Gasteiger partial charge in [0.05, 0.1) is 27.0 Å². The molecule has 0 aliphatic carbocycles. The first-order chi connectivity index (χ1) is 13.9. The normalized spacial score (nSPS) is 12.3. The van der Waals surface area contributed by atoms with Gasteiger partial charge in [-0.3, -0.25) is 4.79 Å². The standard InChI is InChI=1S/C21H25NO7/c1-13(20(23)22-18-12-17(26-4)10-11-19(18)27-5)29-21(24)14(2)28-16-8-6-15(25-3)7-9-16/h6-14H,1-5H3,(H,22,23). The quantitative estimate of drug-likeness (QED) is 0.643. The van der Waals surface area contributed by atoms with Crippen LogP contribution in [-0.2, 0) is 14.3 Å². The van der Waals surface area contributed by atoms with Crippen LogP contribution in [0.15, 0.2) is 42.5 Å². The summed E-state index contributed by atoms with van der Waals surface area (Å²) in [5, 5.41) is 2.67. The molecule has 8 nitrogen and oxygen atoms in total. The van der Waals surface area contributed by atoms with Crippen LogP contribution in [0.2, 0.25) is 0 Å². The number of amides is 1. The van der Waals surface area contributed by atoms with Crippen LogP contribution >= 0.6 is 0 Å². The minimum atomic E-state index is -1.04. The lowest BCUT2D eigenvalue weighted by atomic mass is 10.2. The van der Waals surface area contributed by atoms with Crippen molar-refractivity contribution < 1.29 is 33.3 Å². The van der Waals surface area contributed by atoms with Crippen molar-refractivity contribution >= 4 is 17.6 Å². The van der Waals surface area contributed by atoms with Gasteiger partial charge in [0.2, 0.25) is 0 Å². The summed E-state index contributed by atoms with van der Waals surface area (Å²) in [6.07, 6.45) is -1.94. The van der Waals surface area contributed by atoms with E-state index in [1.807, 2.05) is 0 Å². The van der Waals surface area contributed by atoms with E-state index in [1.54, 1.807) is 56.5 Å². The number of methoxy groups -OCH3 is 3. The van der Waals surface area contributed by atoms with Gasteiger partial charge in [0.15, 0.2) is 12.2 Å². The van der Waals surface area contributed by atoms with Crippen molar-refractivity contribution in [3.05, 3.63) is 42.5 Å². The fourth-order valence-electron chi connectivity index (χ4n) is 2.38. The van der Waals surface area contributed by atoms with Crippen LogP contribution in [0.5, 0.6) is 23.0 Å². The summed E-state index contributed by atoms with van der Waals surface area (Å²) in [7, 11) is 4.56. The maximum absolute atomic E-state index is 12.4. The average molecular weight is 403 g/mol. The highest BCUT2D eigenvalue weighted by molar-refractivity contribution is 5.96. The van der Waals surface area contributed by atoms with E-state index in [0.29, 0.717) is 28.7 Å². The summed E-state index contributed by atoms with van der Waals surface area (Å²) >= 11 is 0. The lowest BCUT2D eigenvalue weighted by Gasteiger charge is -2.18. The molecule has 156 valence electrons. The van der Waals surface area contributed by atoms with Gasteiger partial charge in [-0.15, -0.1) is 0 Å². The zero-order chi connectivity index (χ0) is 21.4. The van der Waals surface area contributed by atoms with Crippen molar-refractivity contribution in [3.63, 3.8) is 0 Å². The molecule has 0 aromatic heterocycles. The summed E-state index contributed by atoms with van der Waals surface area (Å²) in [6.45, 7) is 3.02. The molecule has 0 aliphatic rings. The predicted molar refractivity (Wildman–Crippen MR) is 107 cm³/mol.